The van der Waals surface area contributed by atoms with E-state index in [0.717, 1.165) is 5.56 Å². The summed E-state index contributed by atoms with van der Waals surface area (Å²) in [4.78, 5) is 10.9. The molecule has 1 aromatic rings. The van der Waals surface area contributed by atoms with E-state index >= 15 is 0 Å². The first-order valence-corrected chi connectivity index (χ1v) is 5.95. The van der Waals surface area contributed by atoms with Crippen molar-refractivity contribution in [1.29, 1.82) is 0 Å². The highest BCUT2D eigenvalue weighted by atomic mass is 19.4. The van der Waals surface area contributed by atoms with Crippen LogP contribution in [-0.4, -0.2) is 18.6 Å². The summed E-state index contributed by atoms with van der Waals surface area (Å²) in [6.45, 7) is 3.05. The first kappa shape index (κ1) is 15.5. The second-order valence-electron chi connectivity index (χ2n) is 4.35. The monoisotopic (exact) mass is 274 g/mol. The smallest absolute Gasteiger partial charge is 0.326 e. The molecule has 2 N–H and O–H groups in total. The molecule has 1 rings (SSSR count). The van der Waals surface area contributed by atoms with Crippen molar-refractivity contribution >= 4 is 11.6 Å². The van der Waals surface area contributed by atoms with Crippen molar-refractivity contribution in [3.8, 4) is 0 Å². The molecule has 0 aromatic heterocycles. The average molecular weight is 274 g/mol. The number of rotatable bonds is 5. The van der Waals surface area contributed by atoms with Crippen LogP contribution in [-0.2, 0) is 4.79 Å². The number of halogens is 3. The summed E-state index contributed by atoms with van der Waals surface area (Å²) in [6.07, 6.45) is -5.01. The normalized spacial score (nSPS) is 13.1. The van der Waals surface area contributed by atoms with Gasteiger partial charge in [0.05, 0.1) is 6.42 Å². The summed E-state index contributed by atoms with van der Waals surface area (Å²) in [6, 6.07) is 6.81. The molecule has 1 unspecified atom stereocenters. The highest BCUT2D eigenvalue weighted by Gasteiger charge is 2.26. The second kappa shape index (κ2) is 6.56. The van der Waals surface area contributed by atoms with Crippen LogP contribution < -0.4 is 10.6 Å². The third-order valence-electron chi connectivity index (χ3n) is 2.57. The van der Waals surface area contributed by atoms with Crippen molar-refractivity contribution < 1.29 is 18.0 Å². The molecule has 0 aliphatic heterocycles. The molecule has 19 heavy (non-hydrogen) atoms. The van der Waals surface area contributed by atoms with Crippen LogP contribution in [0.3, 0.4) is 0 Å². The van der Waals surface area contributed by atoms with E-state index < -0.39 is 12.6 Å². The van der Waals surface area contributed by atoms with E-state index in [1.807, 2.05) is 0 Å². The van der Waals surface area contributed by atoms with Gasteiger partial charge in [-0.15, -0.1) is 0 Å². The van der Waals surface area contributed by atoms with Gasteiger partial charge in [0.25, 0.3) is 0 Å². The molecule has 0 spiro atoms. The molecular formula is C13H17F3N2O. The van der Waals surface area contributed by atoms with Gasteiger partial charge in [0.15, 0.2) is 0 Å². The van der Waals surface area contributed by atoms with Crippen LogP contribution in [0.1, 0.15) is 31.9 Å². The van der Waals surface area contributed by atoms with Crippen molar-refractivity contribution in [1.82, 2.24) is 5.32 Å². The SMILES string of the molecule is CC(=O)Nc1cccc(C(C)NCCC(F)(F)F)c1. The fourth-order valence-electron chi connectivity index (χ4n) is 1.64. The first-order chi connectivity index (χ1) is 8.78. The molecule has 0 heterocycles. The topological polar surface area (TPSA) is 41.1 Å². The summed E-state index contributed by atoms with van der Waals surface area (Å²) in [7, 11) is 0. The third-order valence-corrected chi connectivity index (χ3v) is 2.57. The van der Waals surface area contributed by atoms with Gasteiger partial charge in [0, 0.05) is 25.2 Å². The largest absolute Gasteiger partial charge is 0.390 e. The first-order valence-electron chi connectivity index (χ1n) is 5.95. The van der Waals surface area contributed by atoms with Gasteiger partial charge >= 0.3 is 6.18 Å². The van der Waals surface area contributed by atoms with Crippen LogP contribution >= 0.6 is 0 Å². The highest BCUT2D eigenvalue weighted by molar-refractivity contribution is 5.88. The minimum Gasteiger partial charge on any atom is -0.326 e. The van der Waals surface area contributed by atoms with E-state index in [9.17, 15) is 18.0 Å². The molecule has 106 valence electrons. The summed E-state index contributed by atoms with van der Waals surface area (Å²) < 4.78 is 36.1. The number of carbonyl (C=O) groups is 1. The highest BCUT2D eigenvalue weighted by Crippen LogP contribution is 2.20. The van der Waals surface area contributed by atoms with Crippen LogP contribution in [0.5, 0.6) is 0 Å². The van der Waals surface area contributed by atoms with Gasteiger partial charge in [0.2, 0.25) is 5.91 Å². The fraction of sp³-hybridized carbons (Fsp3) is 0.462. The van der Waals surface area contributed by atoms with E-state index in [1.165, 1.54) is 6.92 Å². The Labute approximate surface area is 110 Å². The van der Waals surface area contributed by atoms with Gasteiger partial charge in [-0.3, -0.25) is 4.79 Å². The van der Waals surface area contributed by atoms with Gasteiger partial charge in [-0.2, -0.15) is 13.2 Å². The Morgan fingerprint density at radius 3 is 2.63 bits per heavy atom. The molecule has 0 aliphatic carbocycles. The number of benzene rings is 1. The number of nitrogens with one attached hydrogen (secondary N) is 2. The van der Waals surface area contributed by atoms with Crippen LogP contribution in [0.2, 0.25) is 0 Å². The number of carbonyl (C=O) groups excluding carboxylic acids is 1. The van der Waals surface area contributed by atoms with E-state index in [2.05, 4.69) is 10.6 Å². The molecule has 0 aliphatic rings. The lowest BCUT2D eigenvalue weighted by molar-refractivity contribution is -0.133. The maximum absolute atomic E-state index is 12.0. The summed E-state index contributed by atoms with van der Waals surface area (Å²) in [5, 5.41) is 5.44. The summed E-state index contributed by atoms with van der Waals surface area (Å²) in [5.41, 5.74) is 1.46. The molecule has 1 aromatic carbocycles. The minimum atomic E-state index is -4.15. The average Bonchev–Trinajstić information content (AvgIpc) is 2.26. The van der Waals surface area contributed by atoms with E-state index in [0.29, 0.717) is 5.69 Å². The molecule has 0 fully saturated rings. The van der Waals surface area contributed by atoms with Gasteiger partial charge in [0.1, 0.15) is 0 Å². The van der Waals surface area contributed by atoms with Crippen molar-refractivity contribution in [3.63, 3.8) is 0 Å². The number of alkyl halides is 3. The fourth-order valence-corrected chi connectivity index (χ4v) is 1.64. The second-order valence-corrected chi connectivity index (χ2v) is 4.35. The van der Waals surface area contributed by atoms with E-state index in [1.54, 1.807) is 31.2 Å². The molecule has 6 heteroatoms. The van der Waals surface area contributed by atoms with Crippen LogP contribution in [0.4, 0.5) is 18.9 Å². The Kier molecular flexibility index (Phi) is 5.35. The van der Waals surface area contributed by atoms with Crippen molar-refractivity contribution in [2.24, 2.45) is 0 Å². The maximum Gasteiger partial charge on any atom is 0.390 e. The van der Waals surface area contributed by atoms with Gasteiger partial charge < -0.3 is 10.6 Å². The minimum absolute atomic E-state index is 0.130. The van der Waals surface area contributed by atoms with E-state index in [-0.39, 0.29) is 18.5 Å². The van der Waals surface area contributed by atoms with Crippen LogP contribution in [0.25, 0.3) is 0 Å². The van der Waals surface area contributed by atoms with Gasteiger partial charge in [-0.25, -0.2) is 0 Å². The zero-order valence-electron chi connectivity index (χ0n) is 10.8. The third kappa shape index (κ3) is 6.24. The van der Waals surface area contributed by atoms with Crippen molar-refractivity contribution in [2.45, 2.75) is 32.5 Å². The van der Waals surface area contributed by atoms with Gasteiger partial charge in [-0.05, 0) is 24.6 Å². The summed E-state index contributed by atoms with van der Waals surface area (Å²) >= 11 is 0. The standard InChI is InChI=1S/C13H17F3N2O/c1-9(17-7-6-13(14,15)16)11-4-3-5-12(8-11)18-10(2)19/h3-5,8-9,17H,6-7H2,1-2H3,(H,18,19). The Hall–Kier alpha value is -1.56. The molecular weight excluding hydrogens is 257 g/mol. The number of anilines is 1. The lowest BCUT2D eigenvalue weighted by Gasteiger charge is -2.16. The molecule has 0 saturated carbocycles. The quantitative estimate of drug-likeness (QED) is 0.865. The van der Waals surface area contributed by atoms with Gasteiger partial charge in [-0.1, -0.05) is 12.1 Å². The predicted octanol–water partition coefficient (Wildman–Crippen LogP) is 3.25. The Balaban J connectivity index is 2.56. The molecule has 0 radical (unpaired) electrons. The molecule has 3 nitrogen and oxygen atoms in total. The zero-order chi connectivity index (χ0) is 14.5. The maximum atomic E-state index is 12.0. The van der Waals surface area contributed by atoms with Crippen LogP contribution in [0, 0.1) is 0 Å². The number of hydrogen-bond acceptors (Lipinski definition) is 2. The molecule has 0 saturated heterocycles. The Bertz CT molecular complexity index is 432. The Morgan fingerprint density at radius 2 is 2.05 bits per heavy atom. The van der Waals surface area contributed by atoms with E-state index in [4.69, 9.17) is 0 Å². The van der Waals surface area contributed by atoms with Crippen molar-refractivity contribution in [3.05, 3.63) is 29.8 Å². The lowest BCUT2D eigenvalue weighted by Crippen LogP contribution is -2.24. The Morgan fingerprint density at radius 1 is 1.37 bits per heavy atom. The van der Waals surface area contributed by atoms with Crippen molar-refractivity contribution in [2.75, 3.05) is 11.9 Å². The predicted molar refractivity (Wildman–Crippen MR) is 67.8 cm³/mol. The molecule has 1 amide bonds. The molecule has 0 bridgehead atoms. The lowest BCUT2D eigenvalue weighted by atomic mass is 10.1. The van der Waals surface area contributed by atoms with Crippen LogP contribution in [0.15, 0.2) is 24.3 Å². The zero-order valence-corrected chi connectivity index (χ0v) is 10.8. The number of amides is 1. The summed E-state index contributed by atoms with van der Waals surface area (Å²) in [5.74, 6) is -0.185. The number of hydrogen-bond donors (Lipinski definition) is 2. The molecule has 1 atom stereocenters.